The van der Waals surface area contributed by atoms with E-state index in [1.54, 1.807) is 23.0 Å². The van der Waals surface area contributed by atoms with Gasteiger partial charge in [0.15, 0.2) is 5.65 Å². The van der Waals surface area contributed by atoms with Gasteiger partial charge in [0.1, 0.15) is 11.4 Å². The number of hydrogen-bond acceptors (Lipinski definition) is 4. The zero-order valence-electron chi connectivity index (χ0n) is 18.1. The molecule has 0 aliphatic heterocycles. The molecule has 7 heteroatoms. The molecule has 162 valence electrons. The first kappa shape index (κ1) is 19.4. The number of nitrogens with one attached hydrogen (secondary N) is 1. The number of benzene rings is 2. The topological polar surface area (TPSA) is 77.1 Å². The van der Waals surface area contributed by atoms with Crippen molar-refractivity contribution >= 4 is 17.4 Å². The molecule has 1 amide bonds. The van der Waals surface area contributed by atoms with Crippen molar-refractivity contribution in [1.29, 1.82) is 0 Å². The Morgan fingerprint density at radius 2 is 1.91 bits per heavy atom. The number of hydrogen-bond donors (Lipinski definition) is 1. The molecule has 0 atom stereocenters. The second kappa shape index (κ2) is 7.70. The Labute approximate surface area is 190 Å². The summed E-state index contributed by atoms with van der Waals surface area (Å²) in [6, 6.07) is 20.1. The predicted octanol–water partition coefficient (Wildman–Crippen LogP) is 5.02. The summed E-state index contributed by atoms with van der Waals surface area (Å²) >= 11 is 0. The second-order valence-corrected chi connectivity index (χ2v) is 8.41. The predicted molar refractivity (Wildman–Crippen MR) is 127 cm³/mol. The molecule has 0 spiro atoms. The summed E-state index contributed by atoms with van der Waals surface area (Å²) in [6.07, 6.45) is 7.46. The van der Waals surface area contributed by atoms with E-state index in [-0.39, 0.29) is 5.91 Å². The first-order valence-corrected chi connectivity index (χ1v) is 11.0. The van der Waals surface area contributed by atoms with E-state index in [1.807, 2.05) is 41.1 Å². The molecule has 3 heterocycles. The maximum absolute atomic E-state index is 13.2. The average Bonchev–Trinajstić information content (AvgIpc) is 3.48. The van der Waals surface area contributed by atoms with E-state index in [9.17, 15) is 4.79 Å². The van der Waals surface area contributed by atoms with Crippen molar-refractivity contribution in [3.05, 3.63) is 95.9 Å². The zero-order valence-corrected chi connectivity index (χ0v) is 18.1. The molecule has 1 saturated carbocycles. The molecule has 1 aliphatic rings. The molecule has 0 saturated heterocycles. The van der Waals surface area contributed by atoms with E-state index >= 15 is 0 Å². The van der Waals surface area contributed by atoms with Crippen molar-refractivity contribution in [2.24, 2.45) is 0 Å². The normalized spacial score (nSPS) is 13.4. The molecule has 2 aromatic carbocycles. The van der Waals surface area contributed by atoms with Crippen LogP contribution >= 0.6 is 0 Å². The van der Waals surface area contributed by atoms with Crippen LogP contribution in [0.5, 0.6) is 0 Å². The van der Waals surface area contributed by atoms with Crippen LogP contribution in [0.25, 0.3) is 22.6 Å². The van der Waals surface area contributed by atoms with Gasteiger partial charge in [0, 0.05) is 24.0 Å². The van der Waals surface area contributed by atoms with Gasteiger partial charge in [0.25, 0.3) is 5.91 Å². The number of fused-ring (bicyclic) bond motifs is 1. The van der Waals surface area contributed by atoms with Crippen LogP contribution in [-0.2, 0) is 0 Å². The van der Waals surface area contributed by atoms with Crippen molar-refractivity contribution in [2.45, 2.75) is 25.7 Å². The number of aromatic nitrogens is 5. The molecule has 0 radical (unpaired) electrons. The fourth-order valence-corrected chi connectivity index (χ4v) is 4.16. The summed E-state index contributed by atoms with van der Waals surface area (Å²) in [6.45, 7) is 2.09. The third kappa shape index (κ3) is 3.57. The van der Waals surface area contributed by atoms with Crippen LogP contribution in [-0.4, -0.2) is 30.3 Å². The van der Waals surface area contributed by atoms with Crippen LogP contribution in [0.2, 0.25) is 0 Å². The minimum Gasteiger partial charge on any atom is -0.306 e. The van der Waals surface area contributed by atoms with Gasteiger partial charge in [-0.2, -0.15) is 10.2 Å². The van der Waals surface area contributed by atoms with Crippen molar-refractivity contribution in [3.63, 3.8) is 0 Å². The number of nitrogens with zero attached hydrogens (tertiary/aromatic N) is 5. The van der Waals surface area contributed by atoms with Crippen molar-refractivity contribution in [3.8, 4) is 16.9 Å². The lowest BCUT2D eigenvalue weighted by Gasteiger charge is -2.12. The highest BCUT2D eigenvalue weighted by Gasteiger charge is 2.24. The van der Waals surface area contributed by atoms with E-state index < -0.39 is 0 Å². The van der Waals surface area contributed by atoms with Crippen LogP contribution in [0.3, 0.4) is 0 Å². The molecule has 1 aliphatic carbocycles. The molecule has 0 bridgehead atoms. The standard InChI is InChI=1S/C26H22N6O/c1-17-14-20(18-8-9-18)10-11-23(17)32-24(15-22(30-32)19-6-3-2-4-7-19)29-26(33)21-16-28-31-13-5-12-27-25(21)31/h2-7,10-16,18H,8-9H2,1H3,(H,29,33). The average molecular weight is 435 g/mol. The lowest BCUT2D eigenvalue weighted by atomic mass is 10.1. The monoisotopic (exact) mass is 434 g/mol. The van der Waals surface area contributed by atoms with Crippen LogP contribution in [0, 0.1) is 6.92 Å². The van der Waals surface area contributed by atoms with Gasteiger partial charge in [-0.15, -0.1) is 0 Å². The number of anilines is 1. The first-order valence-electron chi connectivity index (χ1n) is 11.0. The summed E-state index contributed by atoms with van der Waals surface area (Å²) in [5, 5.41) is 12.1. The Morgan fingerprint density at radius 3 is 2.70 bits per heavy atom. The van der Waals surface area contributed by atoms with Gasteiger partial charge in [-0.1, -0.05) is 42.5 Å². The number of carbonyl (C=O) groups is 1. The van der Waals surface area contributed by atoms with Crippen molar-refractivity contribution in [1.82, 2.24) is 24.4 Å². The largest absolute Gasteiger partial charge is 0.306 e. The van der Waals surface area contributed by atoms with Gasteiger partial charge < -0.3 is 5.32 Å². The molecule has 33 heavy (non-hydrogen) atoms. The summed E-state index contributed by atoms with van der Waals surface area (Å²) in [5.41, 5.74) is 6.12. The number of carbonyl (C=O) groups excluding carboxylic acids is 1. The quantitative estimate of drug-likeness (QED) is 0.421. The van der Waals surface area contributed by atoms with E-state index in [2.05, 4.69) is 40.5 Å². The van der Waals surface area contributed by atoms with Gasteiger partial charge >= 0.3 is 0 Å². The Morgan fingerprint density at radius 1 is 1.06 bits per heavy atom. The molecule has 6 rings (SSSR count). The van der Waals surface area contributed by atoms with Gasteiger partial charge in [0.05, 0.1) is 17.6 Å². The summed E-state index contributed by atoms with van der Waals surface area (Å²) < 4.78 is 3.40. The van der Waals surface area contributed by atoms with E-state index in [1.165, 1.54) is 24.6 Å². The summed E-state index contributed by atoms with van der Waals surface area (Å²) in [5.74, 6) is 0.991. The van der Waals surface area contributed by atoms with Gasteiger partial charge in [0.2, 0.25) is 0 Å². The van der Waals surface area contributed by atoms with Crippen LogP contribution in [0.15, 0.2) is 79.3 Å². The van der Waals surface area contributed by atoms with E-state index in [4.69, 9.17) is 5.10 Å². The third-order valence-corrected chi connectivity index (χ3v) is 6.04. The molecular formula is C26H22N6O. The maximum atomic E-state index is 13.2. The summed E-state index contributed by atoms with van der Waals surface area (Å²) in [7, 11) is 0. The minimum absolute atomic E-state index is 0.281. The van der Waals surface area contributed by atoms with Gasteiger partial charge in [-0.25, -0.2) is 14.2 Å². The molecule has 1 fully saturated rings. The van der Waals surface area contributed by atoms with Gasteiger partial charge in [-0.3, -0.25) is 4.79 Å². The van der Waals surface area contributed by atoms with Crippen LogP contribution < -0.4 is 5.32 Å². The number of rotatable bonds is 5. The van der Waals surface area contributed by atoms with Crippen LogP contribution in [0.4, 0.5) is 5.82 Å². The fourth-order valence-electron chi connectivity index (χ4n) is 4.16. The van der Waals surface area contributed by atoms with E-state index in [0.29, 0.717) is 22.9 Å². The second-order valence-electron chi connectivity index (χ2n) is 8.41. The molecular weight excluding hydrogens is 412 g/mol. The Balaban J connectivity index is 1.42. The lowest BCUT2D eigenvalue weighted by Crippen LogP contribution is -2.15. The minimum atomic E-state index is -0.281. The molecule has 1 N–H and O–H groups in total. The lowest BCUT2D eigenvalue weighted by molar-refractivity contribution is 0.102. The highest BCUT2D eigenvalue weighted by Crippen LogP contribution is 2.41. The van der Waals surface area contributed by atoms with Crippen molar-refractivity contribution < 1.29 is 4.79 Å². The molecule has 7 nitrogen and oxygen atoms in total. The Bertz CT molecular complexity index is 1480. The highest BCUT2D eigenvalue weighted by molar-refractivity contribution is 6.08. The first-order chi connectivity index (χ1) is 16.2. The van der Waals surface area contributed by atoms with Crippen molar-refractivity contribution in [2.75, 3.05) is 5.32 Å². The highest BCUT2D eigenvalue weighted by atomic mass is 16.1. The van der Waals surface area contributed by atoms with E-state index in [0.717, 1.165) is 22.5 Å². The number of amides is 1. The molecule has 3 aromatic heterocycles. The fraction of sp³-hybridized carbons (Fsp3) is 0.154. The van der Waals surface area contributed by atoms with Crippen LogP contribution in [0.1, 0.15) is 40.2 Å². The smallest absolute Gasteiger partial charge is 0.262 e. The third-order valence-electron chi connectivity index (χ3n) is 6.04. The van der Waals surface area contributed by atoms with Gasteiger partial charge in [-0.05, 0) is 48.9 Å². The molecule has 0 unspecified atom stereocenters. The maximum Gasteiger partial charge on any atom is 0.262 e. The Kier molecular flexibility index (Phi) is 4.54. The summed E-state index contributed by atoms with van der Waals surface area (Å²) in [4.78, 5) is 17.5. The Hall–Kier alpha value is -4.26. The SMILES string of the molecule is Cc1cc(C2CC2)ccc1-n1nc(-c2ccccc2)cc1NC(=O)c1cnn2cccnc12. The number of aryl methyl sites for hydroxylation is 1. The zero-order chi connectivity index (χ0) is 22.4. The molecule has 5 aromatic rings.